The highest BCUT2D eigenvalue weighted by Gasteiger charge is 2.21. The van der Waals surface area contributed by atoms with Gasteiger partial charge in [-0.2, -0.15) is 0 Å². The summed E-state index contributed by atoms with van der Waals surface area (Å²) in [5, 5.41) is 4.35. The largest absolute Gasteiger partial charge is 0.456 e. The molecule has 5 nitrogen and oxygen atoms in total. The standard InChI is InChI=1S/C50H34N4O/c1-3-32(4-2)48-51-49(34-19-10-6-11-20-34)53-50(52-48)38-24-16-26-45-47(38)42-30-39(40(31-46(42)55-45)33-17-8-5-9-18-33)35-27-28-44-41(29-35)37-23-14-15-25-43(37)54(44)36-21-12-7-13-22-36/h3-31H,1H2,2H3/b32-4+. The Morgan fingerprint density at radius 1 is 0.527 bits per heavy atom. The molecule has 0 atom stereocenters. The van der Waals surface area contributed by atoms with E-state index in [1.54, 1.807) is 6.08 Å². The van der Waals surface area contributed by atoms with Crippen molar-refractivity contribution in [3.63, 3.8) is 0 Å². The molecule has 0 aliphatic carbocycles. The van der Waals surface area contributed by atoms with Crippen molar-refractivity contribution in [1.82, 2.24) is 19.5 Å². The summed E-state index contributed by atoms with van der Waals surface area (Å²) in [4.78, 5) is 15.0. The van der Waals surface area contributed by atoms with E-state index in [2.05, 4.69) is 132 Å². The van der Waals surface area contributed by atoms with Crippen molar-refractivity contribution in [2.45, 2.75) is 6.92 Å². The van der Waals surface area contributed by atoms with Gasteiger partial charge in [0.25, 0.3) is 0 Å². The summed E-state index contributed by atoms with van der Waals surface area (Å²) < 4.78 is 9.03. The van der Waals surface area contributed by atoms with Crippen LogP contribution in [0.1, 0.15) is 12.7 Å². The monoisotopic (exact) mass is 706 g/mol. The van der Waals surface area contributed by atoms with E-state index in [4.69, 9.17) is 19.4 Å². The Kier molecular flexibility index (Phi) is 7.77. The molecule has 0 saturated carbocycles. The molecule has 0 saturated heterocycles. The predicted octanol–water partition coefficient (Wildman–Crippen LogP) is 13.1. The first kappa shape index (κ1) is 32.3. The van der Waals surface area contributed by atoms with Crippen LogP contribution in [0.4, 0.5) is 0 Å². The highest BCUT2D eigenvalue weighted by Crippen LogP contribution is 2.44. The molecule has 0 N–H and O–H groups in total. The number of allylic oxidation sites excluding steroid dienone is 3. The topological polar surface area (TPSA) is 56.7 Å². The van der Waals surface area contributed by atoms with Gasteiger partial charge in [-0.05, 0) is 77.7 Å². The fourth-order valence-corrected chi connectivity index (χ4v) is 7.83. The lowest BCUT2D eigenvalue weighted by Crippen LogP contribution is -2.02. The van der Waals surface area contributed by atoms with Crippen molar-refractivity contribution in [3.8, 4) is 50.7 Å². The van der Waals surface area contributed by atoms with Gasteiger partial charge in [0.2, 0.25) is 0 Å². The van der Waals surface area contributed by atoms with Gasteiger partial charge in [-0.15, -0.1) is 0 Å². The summed E-state index contributed by atoms with van der Waals surface area (Å²) in [5.74, 6) is 1.74. The lowest BCUT2D eigenvalue weighted by molar-refractivity contribution is 0.669. The Hall–Kier alpha value is -7.37. The fourth-order valence-electron chi connectivity index (χ4n) is 7.83. The Bertz CT molecular complexity index is 3100. The smallest absolute Gasteiger partial charge is 0.164 e. The molecular formula is C50H34N4O. The van der Waals surface area contributed by atoms with Crippen LogP contribution in [0.15, 0.2) is 187 Å². The van der Waals surface area contributed by atoms with Gasteiger partial charge in [-0.25, -0.2) is 15.0 Å². The van der Waals surface area contributed by atoms with Crippen LogP contribution in [-0.4, -0.2) is 19.5 Å². The van der Waals surface area contributed by atoms with Crippen LogP contribution in [0.3, 0.4) is 0 Å². The summed E-state index contributed by atoms with van der Waals surface area (Å²) in [7, 11) is 0. The van der Waals surface area contributed by atoms with Crippen LogP contribution >= 0.6 is 0 Å². The minimum Gasteiger partial charge on any atom is -0.456 e. The number of furan rings is 1. The second kappa shape index (κ2) is 13.2. The van der Waals surface area contributed by atoms with E-state index in [0.717, 1.165) is 72.1 Å². The number of hydrogen-bond acceptors (Lipinski definition) is 4. The summed E-state index contributed by atoms with van der Waals surface area (Å²) in [6.07, 6.45) is 3.76. The lowest BCUT2D eigenvalue weighted by atomic mass is 9.91. The molecule has 0 fully saturated rings. The maximum atomic E-state index is 6.68. The molecule has 0 bridgehead atoms. The van der Waals surface area contributed by atoms with E-state index in [-0.39, 0.29) is 0 Å². The zero-order valence-electron chi connectivity index (χ0n) is 30.1. The number of aromatic nitrogens is 4. The number of fused-ring (bicyclic) bond motifs is 6. The number of nitrogens with zero attached hydrogens (tertiary/aromatic N) is 4. The molecule has 0 radical (unpaired) electrons. The first-order valence-electron chi connectivity index (χ1n) is 18.4. The van der Waals surface area contributed by atoms with Gasteiger partial charge in [0.15, 0.2) is 17.5 Å². The first-order valence-corrected chi connectivity index (χ1v) is 18.4. The molecule has 10 rings (SSSR count). The molecule has 3 aromatic heterocycles. The molecule has 5 heteroatoms. The Morgan fingerprint density at radius 2 is 1.20 bits per heavy atom. The van der Waals surface area contributed by atoms with Gasteiger partial charge >= 0.3 is 0 Å². The quantitative estimate of drug-likeness (QED) is 0.155. The van der Waals surface area contributed by atoms with E-state index in [1.165, 1.54) is 16.3 Å². The fraction of sp³-hybridized carbons (Fsp3) is 0.0200. The van der Waals surface area contributed by atoms with Crippen molar-refractivity contribution in [3.05, 3.63) is 188 Å². The average Bonchev–Trinajstić information content (AvgIpc) is 3.79. The van der Waals surface area contributed by atoms with Crippen molar-refractivity contribution < 1.29 is 4.42 Å². The van der Waals surface area contributed by atoms with E-state index in [0.29, 0.717) is 17.5 Å². The predicted molar refractivity (Wildman–Crippen MR) is 227 cm³/mol. The molecule has 0 unspecified atom stereocenters. The van der Waals surface area contributed by atoms with E-state index >= 15 is 0 Å². The minimum atomic E-state index is 0.571. The van der Waals surface area contributed by atoms with Gasteiger partial charge in [0.05, 0.1) is 11.0 Å². The summed E-state index contributed by atoms with van der Waals surface area (Å²) in [6.45, 7) is 6.00. The number of hydrogen-bond donors (Lipinski definition) is 0. The normalized spacial score (nSPS) is 11.9. The zero-order valence-corrected chi connectivity index (χ0v) is 30.1. The average molecular weight is 707 g/mol. The first-order chi connectivity index (χ1) is 27.2. The van der Waals surface area contributed by atoms with Crippen LogP contribution in [0.25, 0.3) is 100 Å². The maximum Gasteiger partial charge on any atom is 0.164 e. The van der Waals surface area contributed by atoms with E-state index < -0.39 is 0 Å². The highest BCUT2D eigenvalue weighted by atomic mass is 16.3. The molecule has 260 valence electrons. The number of para-hydroxylation sites is 2. The van der Waals surface area contributed by atoms with Crippen LogP contribution < -0.4 is 0 Å². The second-order valence-electron chi connectivity index (χ2n) is 13.6. The summed E-state index contributed by atoms with van der Waals surface area (Å²) >= 11 is 0. The highest BCUT2D eigenvalue weighted by molar-refractivity contribution is 6.15. The molecule has 7 aromatic carbocycles. The third-order valence-corrected chi connectivity index (χ3v) is 10.4. The number of rotatable bonds is 7. The zero-order chi connectivity index (χ0) is 36.9. The van der Waals surface area contributed by atoms with Crippen LogP contribution in [0.2, 0.25) is 0 Å². The second-order valence-corrected chi connectivity index (χ2v) is 13.6. The van der Waals surface area contributed by atoms with Crippen molar-refractivity contribution in [1.29, 1.82) is 0 Å². The molecular weight excluding hydrogens is 673 g/mol. The third-order valence-electron chi connectivity index (χ3n) is 10.4. The lowest BCUT2D eigenvalue weighted by Gasteiger charge is -2.13. The summed E-state index contributed by atoms with van der Waals surface area (Å²) in [6, 6.07) is 57.2. The Labute approximate surface area is 318 Å². The molecule has 10 aromatic rings. The van der Waals surface area contributed by atoms with Gasteiger partial charge in [0, 0.05) is 43.9 Å². The van der Waals surface area contributed by atoms with Gasteiger partial charge in [0.1, 0.15) is 11.2 Å². The van der Waals surface area contributed by atoms with Crippen molar-refractivity contribution in [2.75, 3.05) is 0 Å². The SMILES string of the molecule is C=C/C(=C\C)c1nc(-c2ccccc2)nc(-c2cccc3oc4cc(-c5ccccc5)c(-c5ccc6c(c5)c5ccccc5n6-c5ccccc5)cc4c23)n1. The van der Waals surface area contributed by atoms with Crippen molar-refractivity contribution >= 4 is 49.3 Å². The van der Waals surface area contributed by atoms with Crippen molar-refractivity contribution in [2.24, 2.45) is 0 Å². The van der Waals surface area contributed by atoms with Crippen LogP contribution in [0.5, 0.6) is 0 Å². The molecule has 3 heterocycles. The third kappa shape index (κ3) is 5.44. The Morgan fingerprint density at radius 3 is 1.96 bits per heavy atom. The van der Waals surface area contributed by atoms with Crippen LogP contribution in [0, 0.1) is 0 Å². The Balaban J connectivity index is 1.24. The van der Waals surface area contributed by atoms with E-state index in [1.807, 2.05) is 55.5 Å². The van der Waals surface area contributed by atoms with Gasteiger partial charge in [-0.3, -0.25) is 0 Å². The maximum absolute atomic E-state index is 6.68. The molecule has 0 aliphatic rings. The van der Waals surface area contributed by atoms with Gasteiger partial charge in [-0.1, -0.05) is 134 Å². The molecule has 55 heavy (non-hydrogen) atoms. The minimum absolute atomic E-state index is 0.571. The molecule has 0 aliphatic heterocycles. The van der Waals surface area contributed by atoms with Gasteiger partial charge < -0.3 is 8.98 Å². The van der Waals surface area contributed by atoms with Crippen LogP contribution in [-0.2, 0) is 0 Å². The molecule has 0 spiro atoms. The number of benzene rings is 7. The molecule has 0 amide bonds. The summed E-state index contributed by atoms with van der Waals surface area (Å²) in [5.41, 5.74) is 12.1. The van der Waals surface area contributed by atoms with E-state index in [9.17, 15) is 0 Å².